The average molecular weight is 274 g/mol. The van der Waals surface area contributed by atoms with Crippen LogP contribution in [-0.2, 0) is 9.59 Å². The molecule has 6 nitrogen and oxygen atoms in total. The number of hydrogen-bond acceptors (Lipinski definition) is 4. The van der Waals surface area contributed by atoms with Gasteiger partial charge in [0.1, 0.15) is 13.1 Å². The number of carboxylic acid groups (broad SMARTS) is 1. The fraction of sp³-hybridized carbons (Fsp3) is 0.727. The Kier molecular flexibility index (Phi) is 5.01. The highest BCUT2D eigenvalue weighted by molar-refractivity contribution is 7.80. The van der Waals surface area contributed by atoms with Crippen molar-refractivity contribution in [2.45, 2.75) is 32.1 Å². The fourth-order valence-corrected chi connectivity index (χ4v) is 2.13. The number of aliphatic carboxylic acids is 1. The summed E-state index contributed by atoms with van der Waals surface area (Å²) in [5.41, 5.74) is 0. The predicted octanol–water partition coefficient (Wildman–Crippen LogP) is 1.03. The van der Waals surface area contributed by atoms with Gasteiger partial charge in [0, 0.05) is 0 Å². The van der Waals surface area contributed by atoms with Crippen LogP contribution in [0.15, 0.2) is 0 Å². The molecular formula is C11H18N2O4S. The first kappa shape index (κ1) is 14.8. The molecule has 0 spiro atoms. The Bertz CT molecular complexity index is 359. The smallest absolute Gasteiger partial charge is 0.328 e. The topological polar surface area (TPSA) is 77.9 Å². The zero-order chi connectivity index (χ0) is 13.9. The highest BCUT2D eigenvalue weighted by Crippen LogP contribution is 2.21. The van der Waals surface area contributed by atoms with Crippen molar-refractivity contribution in [3.63, 3.8) is 0 Å². The van der Waals surface area contributed by atoms with Crippen LogP contribution < -0.4 is 0 Å². The summed E-state index contributed by atoms with van der Waals surface area (Å²) in [6, 6.07) is -0.564. The van der Waals surface area contributed by atoms with E-state index in [0.29, 0.717) is 12.3 Å². The molecule has 1 fully saturated rings. The molecule has 1 saturated heterocycles. The largest absolute Gasteiger partial charge is 0.480 e. The number of nitrogens with zero attached hydrogens (tertiary/aromatic N) is 2. The molecule has 1 rings (SSSR count). The maximum atomic E-state index is 11.9. The lowest BCUT2D eigenvalue weighted by molar-refractivity contribution is -0.137. The lowest BCUT2D eigenvalue weighted by Gasteiger charge is -2.22. The summed E-state index contributed by atoms with van der Waals surface area (Å²) in [6.07, 6.45) is 1.46. The standard InChI is InChI=1S/C11H18N2O4S/c1-7(2)3-4-9(18)13-8(14)5-12(11(13)17)6-10(15)16/h7,9,18H,3-6H2,1-2H3,(H,15,16). The van der Waals surface area contributed by atoms with E-state index in [4.69, 9.17) is 5.11 Å². The van der Waals surface area contributed by atoms with E-state index in [1.807, 2.05) is 13.8 Å². The molecule has 18 heavy (non-hydrogen) atoms. The number of hydrogen-bond donors (Lipinski definition) is 2. The molecule has 1 unspecified atom stereocenters. The monoisotopic (exact) mass is 274 g/mol. The molecule has 1 N–H and O–H groups in total. The molecule has 102 valence electrons. The first-order valence-electron chi connectivity index (χ1n) is 5.83. The van der Waals surface area contributed by atoms with E-state index in [2.05, 4.69) is 12.6 Å². The second-order valence-electron chi connectivity index (χ2n) is 4.75. The van der Waals surface area contributed by atoms with Crippen molar-refractivity contribution in [3.8, 4) is 0 Å². The van der Waals surface area contributed by atoms with Crippen molar-refractivity contribution in [1.29, 1.82) is 0 Å². The number of rotatable bonds is 6. The van der Waals surface area contributed by atoms with E-state index in [0.717, 1.165) is 16.2 Å². The Morgan fingerprint density at radius 3 is 2.50 bits per heavy atom. The van der Waals surface area contributed by atoms with Gasteiger partial charge in [-0.3, -0.25) is 14.5 Å². The summed E-state index contributed by atoms with van der Waals surface area (Å²) < 4.78 is 0. The van der Waals surface area contributed by atoms with E-state index in [-0.39, 0.29) is 12.5 Å². The van der Waals surface area contributed by atoms with Crippen molar-refractivity contribution in [1.82, 2.24) is 9.80 Å². The van der Waals surface area contributed by atoms with Gasteiger partial charge in [0.25, 0.3) is 5.91 Å². The quantitative estimate of drug-likeness (QED) is 0.560. The number of thiol groups is 1. The van der Waals surface area contributed by atoms with Crippen LogP contribution in [0.2, 0.25) is 0 Å². The van der Waals surface area contributed by atoms with Crippen LogP contribution in [0, 0.1) is 5.92 Å². The molecule has 3 amide bonds. The van der Waals surface area contributed by atoms with Gasteiger partial charge in [-0.05, 0) is 18.8 Å². The summed E-state index contributed by atoms with van der Waals surface area (Å²) in [6.45, 7) is 3.46. The Hall–Kier alpha value is -1.24. The van der Waals surface area contributed by atoms with Gasteiger partial charge < -0.3 is 10.0 Å². The molecule has 1 aliphatic rings. The van der Waals surface area contributed by atoms with Gasteiger partial charge in [-0.1, -0.05) is 13.8 Å². The van der Waals surface area contributed by atoms with Gasteiger partial charge in [-0.25, -0.2) is 4.79 Å². The lowest BCUT2D eigenvalue weighted by Crippen LogP contribution is -2.39. The normalized spacial score (nSPS) is 17.8. The average Bonchev–Trinajstić information content (AvgIpc) is 2.50. The second-order valence-corrected chi connectivity index (χ2v) is 5.34. The summed E-state index contributed by atoms with van der Waals surface area (Å²) in [5, 5.41) is 8.16. The molecule has 0 aliphatic carbocycles. The SMILES string of the molecule is CC(C)CCC(S)N1C(=O)CN(CC(=O)O)C1=O. The number of imide groups is 1. The fourth-order valence-electron chi connectivity index (χ4n) is 1.76. The lowest BCUT2D eigenvalue weighted by atomic mass is 10.1. The van der Waals surface area contributed by atoms with Crippen LogP contribution >= 0.6 is 12.6 Å². The molecule has 7 heteroatoms. The Morgan fingerprint density at radius 2 is 2.00 bits per heavy atom. The number of carboxylic acids is 1. The van der Waals surface area contributed by atoms with Gasteiger partial charge in [-0.15, -0.1) is 0 Å². The van der Waals surface area contributed by atoms with E-state index < -0.39 is 23.9 Å². The van der Waals surface area contributed by atoms with E-state index in [1.165, 1.54) is 0 Å². The number of carbonyl (C=O) groups is 3. The molecular weight excluding hydrogens is 256 g/mol. The highest BCUT2D eigenvalue weighted by atomic mass is 32.1. The van der Waals surface area contributed by atoms with Crippen molar-refractivity contribution >= 4 is 30.5 Å². The van der Waals surface area contributed by atoms with E-state index >= 15 is 0 Å². The first-order valence-corrected chi connectivity index (χ1v) is 6.35. The summed E-state index contributed by atoms with van der Waals surface area (Å²) in [4.78, 5) is 36.2. The minimum atomic E-state index is -1.13. The molecule has 0 saturated carbocycles. The van der Waals surface area contributed by atoms with Gasteiger partial charge >= 0.3 is 12.0 Å². The van der Waals surface area contributed by atoms with Gasteiger partial charge in [0.05, 0.1) is 5.37 Å². The Labute approximate surface area is 111 Å². The molecule has 1 atom stereocenters. The highest BCUT2D eigenvalue weighted by Gasteiger charge is 2.39. The molecule has 0 aromatic heterocycles. The van der Waals surface area contributed by atoms with Crippen molar-refractivity contribution in [2.75, 3.05) is 13.1 Å². The van der Waals surface area contributed by atoms with E-state index in [1.54, 1.807) is 0 Å². The van der Waals surface area contributed by atoms with Crippen LogP contribution in [0.25, 0.3) is 0 Å². The van der Waals surface area contributed by atoms with Crippen molar-refractivity contribution in [2.24, 2.45) is 5.92 Å². The molecule has 0 aromatic carbocycles. The van der Waals surface area contributed by atoms with Gasteiger partial charge in [0.15, 0.2) is 0 Å². The minimum absolute atomic E-state index is 0.177. The number of urea groups is 1. The molecule has 0 aromatic rings. The maximum absolute atomic E-state index is 11.9. The molecule has 0 radical (unpaired) electrons. The zero-order valence-electron chi connectivity index (χ0n) is 10.5. The zero-order valence-corrected chi connectivity index (χ0v) is 11.4. The maximum Gasteiger partial charge on any atom is 0.328 e. The van der Waals surface area contributed by atoms with E-state index in [9.17, 15) is 14.4 Å². The number of amides is 3. The van der Waals surface area contributed by atoms with Gasteiger partial charge in [0.2, 0.25) is 0 Å². The van der Waals surface area contributed by atoms with Crippen LogP contribution in [-0.4, -0.2) is 51.3 Å². The Balaban J connectivity index is 2.63. The second kappa shape index (κ2) is 6.08. The third kappa shape index (κ3) is 3.63. The van der Waals surface area contributed by atoms with Crippen LogP contribution in [0.4, 0.5) is 4.79 Å². The van der Waals surface area contributed by atoms with Crippen LogP contribution in [0.5, 0.6) is 0 Å². The minimum Gasteiger partial charge on any atom is -0.480 e. The van der Waals surface area contributed by atoms with Crippen molar-refractivity contribution < 1.29 is 19.5 Å². The molecule has 1 aliphatic heterocycles. The summed E-state index contributed by atoms with van der Waals surface area (Å²) >= 11 is 4.26. The summed E-state index contributed by atoms with van der Waals surface area (Å²) in [5.74, 6) is -1.05. The first-order chi connectivity index (χ1) is 8.32. The third-order valence-electron chi connectivity index (χ3n) is 2.70. The predicted molar refractivity (Wildman–Crippen MR) is 68.3 cm³/mol. The van der Waals surface area contributed by atoms with Crippen LogP contribution in [0.1, 0.15) is 26.7 Å². The molecule has 1 heterocycles. The number of carbonyl (C=O) groups excluding carboxylic acids is 2. The molecule has 0 bridgehead atoms. The summed E-state index contributed by atoms with van der Waals surface area (Å²) in [7, 11) is 0. The van der Waals surface area contributed by atoms with Gasteiger partial charge in [-0.2, -0.15) is 12.6 Å². The third-order valence-corrected chi connectivity index (χ3v) is 3.19. The van der Waals surface area contributed by atoms with Crippen LogP contribution in [0.3, 0.4) is 0 Å². The van der Waals surface area contributed by atoms with Crippen molar-refractivity contribution in [3.05, 3.63) is 0 Å². The Morgan fingerprint density at radius 1 is 1.39 bits per heavy atom.